The van der Waals surface area contributed by atoms with Gasteiger partial charge in [-0.25, -0.2) is 0 Å². The van der Waals surface area contributed by atoms with Crippen molar-refractivity contribution in [1.82, 2.24) is 19.8 Å². The SMILES string of the molecule is Cc1ccc2nnc(CO)n2n1. The van der Waals surface area contributed by atoms with Crippen LogP contribution < -0.4 is 0 Å². The molecule has 0 spiro atoms. The highest BCUT2D eigenvalue weighted by Crippen LogP contribution is 2.01. The van der Waals surface area contributed by atoms with E-state index in [1.807, 2.05) is 19.1 Å². The molecule has 2 rings (SSSR count). The monoisotopic (exact) mass is 164 g/mol. The second kappa shape index (κ2) is 2.53. The van der Waals surface area contributed by atoms with Crippen LogP contribution in [-0.4, -0.2) is 24.9 Å². The summed E-state index contributed by atoms with van der Waals surface area (Å²) in [4.78, 5) is 0. The molecule has 0 radical (unpaired) electrons. The maximum Gasteiger partial charge on any atom is 0.180 e. The fourth-order valence-corrected chi connectivity index (χ4v) is 1.02. The van der Waals surface area contributed by atoms with Gasteiger partial charge in [0, 0.05) is 0 Å². The summed E-state index contributed by atoms with van der Waals surface area (Å²) in [6.45, 7) is 1.73. The van der Waals surface area contributed by atoms with Crippen LogP contribution in [0.4, 0.5) is 0 Å². The maximum atomic E-state index is 8.85. The standard InChI is InChI=1S/C7H8N4O/c1-5-2-3-6-8-9-7(4-12)11(6)10-5/h2-3,12H,4H2,1H3. The van der Waals surface area contributed by atoms with Gasteiger partial charge in [-0.15, -0.1) is 10.2 Å². The molecule has 0 aliphatic heterocycles. The summed E-state index contributed by atoms with van der Waals surface area (Å²) >= 11 is 0. The molecule has 0 aromatic carbocycles. The first-order valence-corrected chi connectivity index (χ1v) is 3.60. The highest BCUT2D eigenvalue weighted by molar-refractivity contribution is 5.35. The van der Waals surface area contributed by atoms with Crippen LogP contribution in [0.3, 0.4) is 0 Å². The number of rotatable bonds is 1. The van der Waals surface area contributed by atoms with Crippen LogP contribution in [-0.2, 0) is 6.61 Å². The molecule has 0 aliphatic rings. The van der Waals surface area contributed by atoms with E-state index in [2.05, 4.69) is 15.3 Å². The first kappa shape index (κ1) is 7.17. The highest BCUT2D eigenvalue weighted by Gasteiger charge is 2.03. The van der Waals surface area contributed by atoms with E-state index in [1.54, 1.807) is 0 Å². The molecule has 0 amide bonds. The molecule has 0 saturated heterocycles. The Morgan fingerprint density at radius 3 is 3.00 bits per heavy atom. The molecule has 0 atom stereocenters. The average molecular weight is 164 g/mol. The van der Waals surface area contributed by atoms with Crippen LogP contribution in [0.15, 0.2) is 12.1 Å². The van der Waals surface area contributed by atoms with Gasteiger partial charge < -0.3 is 5.11 Å². The Balaban J connectivity index is 2.75. The molecule has 2 heterocycles. The molecular weight excluding hydrogens is 156 g/mol. The molecule has 2 aromatic rings. The molecule has 0 bridgehead atoms. The van der Waals surface area contributed by atoms with E-state index in [4.69, 9.17) is 5.11 Å². The van der Waals surface area contributed by atoms with Crippen molar-refractivity contribution in [3.8, 4) is 0 Å². The lowest BCUT2D eigenvalue weighted by atomic mass is 10.4. The molecule has 5 nitrogen and oxygen atoms in total. The Kier molecular flexibility index (Phi) is 1.51. The highest BCUT2D eigenvalue weighted by atomic mass is 16.3. The van der Waals surface area contributed by atoms with Crippen molar-refractivity contribution in [3.63, 3.8) is 0 Å². The number of aryl methyl sites for hydroxylation is 1. The number of hydrogen-bond donors (Lipinski definition) is 1. The number of hydrogen-bond acceptors (Lipinski definition) is 4. The van der Waals surface area contributed by atoms with Crippen molar-refractivity contribution in [2.24, 2.45) is 0 Å². The van der Waals surface area contributed by atoms with E-state index < -0.39 is 0 Å². The second-order valence-electron chi connectivity index (χ2n) is 2.52. The minimum atomic E-state index is -0.141. The fourth-order valence-electron chi connectivity index (χ4n) is 1.02. The minimum absolute atomic E-state index is 0.141. The third-order valence-corrected chi connectivity index (χ3v) is 1.60. The smallest absolute Gasteiger partial charge is 0.180 e. The average Bonchev–Trinajstić information content (AvgIpc) is 2.46. The van der Waals surface area contributed by atoms with Crippen LogP contribution >= 0.6 is 0 Å². The third kappa shape index (κ3) is 0.947. The largest absolute Gasteiger partial charge is 0.388 e. The maximum absolute atomic E-state index is 8.85. The van der Waals surface area contributed by atoms with Crippen molar-refractivity contribution in [3.05, 3.63) is 23.7 Å². The number of aromatic nitrogens is 4. The fraction of sp³-hybridized carbons (Fsp3) is 0.286. The minimum Gasteiger partial charge on any atom is -0.388 e. The van der Waals surface area contributed by atoms with Crippen LogP contribution in [0, 0.1) is 6.92 Å². The topological polar surface area (TPSA) is 63.3 Å². The van der Waals surface area contributed by atoms with Gasteiger partial charge >= 0.3 is 0 Å². The Labute approximate surface area is 68.7 Å². The Bertz CT molecular complexity index is 409. The van der Waals surface area contributed by atoms with Crippen LogP contribution in [0.1, 0.15) is 11.5 Å². The molecule has 2 aromatic heterocycles. The zero-order chi connectivity index (χ0) is 8.55. The van der Waals surface area contributed by atoms with E-state index in [9.17, 15) is 0 Å². The quantitative estimate of drug-likeness (QED) is 0.640. The summed E-state index contributed by atoms with van der Waals surface area (Å²) < 4.78 is 1.54. The zero-order valence-electron chi connectivity index (χ0n) is 6.60. The van der Waals surface area contributed by atoms with Crippen LogP contribution in [0.2, 0.25) is 0 Å². The van der Waals surface area contributed by atoms with Gasteiger partial charge in [0.1, 0.15) is 6.61 Å². The van der Waals surface area contributed by atoms with E-state index >= 15 is 0 Å². The van der Waals surface area contributed by atoms with Gasteiger partial charge in [-0.1, -0.05) is 0 Å². The normalized spacial score (nSPS) is 10.8. The first-order chi connectivity index (χ1) is 5.81. The summed E-state index contributed by atoms with van der Waals surface area (Å²) in [6.07, 6.45) is 0. The third-order valence-electron chi connectivity index (χ3n) is 1.60. The molecule has 0 fully saturated rings. The molecule has 5 heteroatoms. The van der Waals surface area contributed by atoms with E-state index in [-0.39, 0.29) is 6.61 Å². The Hall–Kier alpha value is -1.49. The van der Waals surface area contributed by atoms with E-state index in [0.29, 0.717) is 11.5 Å². The number of aliphatic hydroxyl groups is 1. The predicted molar refractivity (Wildman–Crippen MR) is 41.4 cm³/mol. The van der Waals surface area contributed by atoms with Crippen molar-refractivity contribution < 1.29 is 5.11 Å². The predicted octanol–water partition coefficient (Wildman–Crippen LogP) is -0.0750. The summed E-state index contributed by atoms with van der Waals surface area (Å²) in [5.41, 5.74) is 1.53. The molecule has 0 aliphatic carbocycles. The lowest BCUT2D eigenvalue weighted by molar-refractivity contribution is 0.268. The molecule has 12 heavy (non-hydrogen) atoms. The van der Waals surface area contributed by atoms with Crippen molar-refractivity contribution in [2.45, 2.75) is 13.5 Å². The molecule has 62 valence electrons. The van der Waals surface area contributed by atoms with Gasteiger partial charge in [-0.2, -0.15) is 9.61 Å². The van der Waals surface area contributed by atoms with Gasteiger partial charge in [0.25, 0.3) is 0 Å². The van der Waals surface area contributed by atoms with Gasteiger partial charge in [-0.05, 0) is 19.1 Å². The number of nitrogens with zero attached hydrogens (tertiary/aromatic N) is 4. The summed E-state index contributed by atoms with van der Waals surface area (Å²) in [7, 11) is 0. The van der Waals surface area contributed by atoms with Gasteiger partial charge in [-0.3, -0.25) is 0 Å². The van der Waals surface area contributed by atoms with Crippen molar-refractivity contribution in [2.75, 3.05) is 0 Å². The lowest BCUT2D eigenvalue weighted by Gasteiger charge is -1.95. The van der Waals surface area contributed by atoms with Gasteiger partial charge in [0.15, 0.2) is 11.5 Å². The summed E-state index contributed by atoms with van der Waals surface area (Å²) in [5.74, 6) is 0.466. The van der Waals surface area contributed by atoms with Crippen molar-refractivity contribution >= 4 is 5.65 Å². The van der Waals surface area contributed by atoms with Gasteiger partial charge in [0.05, 0.1) is 5.69 Å². The Morgan fingerprint density at radius 2 is 2.25 bits per heavy atom. The van der Waals surface area contributed by atoms with E-state index in [0.717, 1.165) is 5.69 Å². The number of fused-ring (bicyclic) bond motifs is 1. The van der Waals surface area contributed by atoms with Crippen LogP contribution in [0.25, 0.3) is 5.65 Å². The van der Waals surface area contributed by atoms with E-state index in [1.165, 1.54) is 4.52 Å². The lowest BCUT2D eigenvalue weighted by Crippen LogP contribution is -1.99. The summed E-state index contributed by atoms with van der Waals surface area (Å²) in [5, 5.41) is 20.6. The Morgan fingerprint density at radius 1 is 1.42 bits per heavy atom. The number of aliphatic hydroxyl groups excluding tert-OH is 1. The van der Waals surface area contributed by atoms with Gasteiger partial charge in [0.2, 0.25) is 0 Å². The summed E-state index contributed by atoms with van der Waals surface area (Å²) in [6, 6.07) is 3.67. The first-order valence-electron chi connectivity index (χ1n) is 3.60. The van der Waals surface area contributed by atoms with Crippen LogP contribution in [0.5, 0.6) is 0 Å². The molecular formula is C7H8N4O. The zero-order valence-corrected chi connectivity index (χ0v) is 6.60. The molecule has 0 saturated carbocycles. The molecule has 1 N–H and O–H groups in total. The molecule has 0 unspecified atom stereocenters. The van der Waals surface area contributed by atoms with Crippen molar-refractivity contribution in [1.29, 1.82) is 0 Å². The second-order valence-corrected chi connectivity index (χ2v) is 2.52.